The highest BCUT2D eigenvalue weighted by Crippen LogP contribution is 2.28. The lowest BCUT2D eigenvalue weighted by Gasteiger charge is -2.45. The molecule has 2 amide bonds. The van der Waals surface area contributed by atoms with E-state index >= 15 is 0 Å². The van der Waals surface area contributed by atoms with Crippen molar-refractivity contribution in [1.29, 1.82) is 0 Å². The van der Waals surface area contributed by atoms with E-state index in [2.05, 4.69) is 10.6 Å². The van der Waals surface area contributed by atoms with Crippen LogP contribution in [0.2, 0.25) is 0 Å². The molecule has 0 saturated carbocycles. The summed E-state index contributed by atoms with van der Waals surface area (Å²) in [6, 6.07) is -2.91. The Hall–Kier alpha value is -3.46. The lowest BCUT2D eigenvalue weighted by atomic mass is 9.96. The number of amides is 2. The first kappa shape index (κ1) is 31.6. The summed E-state index contributed by atoms with van der Waals surface area (Å²) in [6.45, 7) is 8.06. The van der Waals surface area contributed by atoms with Crippen molar-refractivity contribution in [3.8, 4) is 0 Å². The van der Waals surface area contributed by atoms with Crippen LogP contribution in [-0.2, 0) is 52.4 Å². The topological polar surface area (TPSA) is 202 Å². The molecule has 210 valence electrons. The van der Waals surface area contributed by atoms with E-state index in [4.69, 9.17) is 28.4 Å². The fraction of sp³-hybridized carbons (Fsp3) is 0.727. The van der Waals surface area contributed by atoms with Crippen molar-refractivity contribution in [1.82, 2.24) is 10.6 Å². The highest BCUT2D eigenvalue weighted by Gasteiger charge is 2.51. The summed E-state index contributed by atoms with van der Waals surface area (Å²) in [5.41, 5.74) is -0.899. The predicted octanol–water partition coefficient (Wildman–Crippen LogP) is -0.363. The number of alkyl carbamates (subject to hydrolysis) is 1. The first-order valence-electron chi connectivity index (χ1n) is 11.2. The summed E-state index contributed by atoms with van der Waals surface area (Å²) >= 11 is 0. The minimum Gasteiger partial charge on any atom is -0.480 e. The molecule has 1 aliphatic heterocycles. The molecular weight excluding hydrogens is 500 g/mol. The molecule has 0 unspecified atom stereocenters. The molecule has 15 heteroatoms. The molecule has 37 heavy (non-hydrogen) atoms. The third-order valence-electron chi connectivity index (χ3n) is 4.49. The largest absolute Gasteiger partial charge is 0.480 e. The Balaban J connectivity index is 3.27. The number of esters is 3. The second-order valence-corrected chi connectivity index (χ2v) is 9.09. The summed E-state index contributed by atoms with van der Waals surface area (Å²) in [6.07, 6.45) is -6.48. The molecule has 0 radical (unpaired) electrons. The van der Waals surface area contributed by atoms with Crippen molar-refractivity contribution >= 4 is 35.9 Å². The van der Waals surface area contributed by atoms with E-state index < -0.39 is 91.4 Å². The van der Waals surface area contributed by atoms with Gasteiger partial charge in [-0.05, 0) is 20.8 Å². The molecule has 0 spiro atoms. The molecule has 3 N–H and O–H groups in total. The van der Waals surface area contributed by atoms with Gasteiger partial charge >= 0.3 is 30.0 Å². The zero-order valence-corrected chi connectivity index (χ0v) is 21.7. The average Bonchev–Trinajstić information content (AvgIpc) is 2.70. The molecule has 1 heterocycles. The minimum absolute atomic E-state index is 0.462. The van der Waals surface area contributed by atoms with E-state index in [0.29, 0.717) is 0 Å². The highest BCUT2D eigenvalue weighted by atomic mass is 16.7. The van der Waals surface area contributed by atoms with Gasteiger partial charge in [0, 0.05) is 27.7 Å². The number of carbonyl (C=O) groups is 6. The molecule has 1 aliphatic rings. The zero-order valence-electron chi connectivity index (χ0n) is 21.7. The fourth-order valence-corrected chi connectivity index (χ4v) is 3.25. The lowest BCUT2D eigenvalue weighted by molar-refractivity contribution is -0.278. The van der Waals surface area contributed by atoms with E-state index in [1.807, 2.05) is 0 Å². The van der Waals surface area contributed by atoms with Gasteiger partial charge < -0.3 is 44.2 Å². The summed E-state index contributed by atoms with van der Waals surface area (Å²) in [7, 11) is 0. The second-order valence-electron chi connectivity index (χ2n) is 9.09. The Morgan fingerprint density at radius 2 is 1.49 bits per heavy atom. The number of carboxylic acids is 1. The first-order valence-corrected chi connectivity index (χ1v) is 11.2. The number of hydrogen-bond acceptors (Lipinski definition) is 12. The minimum atomic E-state index is -1.61. The van der Waals surface area contributed by atoms with Gasteiger partial charge in [0.1, 0.15) is 24.4 Å². The molecule has 0 aromatic rings. The van der Waals surface area contributed by atoms with E-state index in [1.165, 1.54) is 0 Å². The summed E-state index contributed by atoms with van der Waals surface area (Å²) in [5, 5.41) is 14.1. The smallest absolute Gasteiger partial charge is 0.408 e. The van der Waals surface area contributed by atoms with Gasteiger partial charge in [-0.15, -0.1) is 0 Å². The van der Waals surface area contributed by atoms with Crippen LogP contribution in [0.1, 0.15) is 48.5 Å². The maximum atomic E-state index is 12.1. The van der Waals surface area contributed by atoms with Crippen LogP contribution >= 0.6 is 0 Å². The van der Waals surface area contributed by atoms with Crippen LogP contribution in [0.5, 0.6) is 0 Å². The van der Waals surface area contributed by atoms with Crippen LogP contribution in [0.4, 0.5) is 4.79 Å². The number of ether oxygens (including phenoxy) is 6. The van der Waals surface area contributed by atoms with Crippen molar-refractivity contribution in [2.45, 2.75) is 90.8 Å². The van der Waals surface area contributed by atoms with Crippen LogP contribution in [0.3, 0.4) is 0 Å². The second kappa shape index (κ2) is 13.7. The monoisotopic (exact) mass is 534 g/mol. The SMILES string of the molecule is CC(=O)N[C@H]1[C@H](OC[C@H](NC(=O)OC(C)(C)C)C(=O)O)O[C@H](COC(C)=O)[C@@H](OC(C)=O)[C@@H]1OC(C)=O. The summed E-state index contributed by atoms with van der Waals surface area (Å²) < 4.78 is 32.0. The van der Waals surface area contributed by atoms with Gasteiger partial charge in [0.15, 0.2) is 24.5 Å². The molecule has 6 atom stereocenters. The van der Waals surface area contributed by atoms with Crippen LogP contribution in [-0.4, -0.2) is 96.5 Å². The number of carboxylic acid groups (broad SMARTS) is 1. The quantitative estimate of drug-likeness (QED) is 0.242. The van der Waals surface area contributed by atoms with Crippen LogP contribution in [0.25, 0.3) is 0 Å². The fourth-order valence-electron chi connectivity index (χ4n) is 3.25. The van der Waals surface area contributed by atoms with Gasteiger partial charge in [-0.3, -0.25) is 19.2 Å². The number of aliphatic carboxylic acids is 1. The average molecular weight is 535 g/mol. The van der Waals surface area contributed by atoms with Gasteiger partial charge in [-0.1, -0.05) is 0 Å². The third-order valence-corrected chi connectivity index (χ3v) is 4.49. The van der Waals surface area contributed by atoms with Gasteiger partial charge in [0.2, 0.25) is 5.91 Å². The summed E-state index contributed by atoms with van der Waals surface area (Å²) in [5.74, 6) is -4.36. The summed E-state index contributed by atoms with van der Waals surface area (Å²) in [4.78, 5) is 70.7. The van der Waals surface area contributed by atoms with E-state index in [9.17, 15) is 33.9 Å². The number of nitrogens with one attached hydrogen (secondary N) is 2. The maximum Gasteiger partial charge on any atom is 0.408 e. The van der Waals surface area contributed by atoms with Gasteiger partial charge in [-0.25, -0.2) is 9.59 Å². The Morgan fingerprint density at radius 3 is 1.95 bits per heavy atom. The Labute approximate surface area is 213 Å². The van der Waals surface area contributed by atoms with E-state index in [-0.39, 0.29) is 0 Å². The molecule has 0 aliphatic carbocycles. The molecule has 0 aromatic carbocycles. The normalized spacial score (nSPS) is 24.1. The van der Waals surface area contributed by atoms with Crippen LogP contribution in [0.15, 0.2) is 0 Å². The van der Waals surface area contributed by atoms with Crippen LogP contribution in [0, 0.1) is 0 Å². The number of carbonyl (C=O) groups excluding carboxylic acids is 5. The Bertz CT molecular complexity index is 869. The third kappa shape index (κ3) is 11.4. The molecule has 0 bridgehead atoms. The van der Waals surface area contributed by atoms with Crippen molar-refractivity contribution in [3.05, 3.63) is 0 Å². The van der Waals surface area contributed by atoms with Gasteiger partial charge in [-0.2, -0.15) is 0 Å². The van der Waals surface area contributed by atoms with Crippen molar-refractivity contribution in [2.75, 3.05) is 13.2 Å². The van der Waals surface area contributed by atoms with E-state index in [1.54, 1.807) is 20.8 Å². The number of hydrogen-bond donors (Lipinski definition) is 3. The Kier molecular flexibility index (Phi) is 11.7. The maximum absolute atomic E-state index is 12.1. The lowest BCUT2D eigenvalue weighted by Crippen LogP contribution is -2.67. The van der Waals surface area contributed by atoms with Crippen molar-refractivity contribution in [2.24, 2.45) is 0 Å². The number of rotatable bonds is 10. The molecule has 15 nitrogen and oxygen atoms in total. The first-order chi connectivity index (χ1) is 17.0. The van der Waals surface area contributed by atoms with Crippen LogP contribution < -0.4 is 10.6 Å². The highest BCUT2D eigenvalue weighted by molar-refractivity contribution is 5.80. The molecule has 1 saturated heterocycles. The molecule has 1 fully saturated rings. The molecule has 1 rings (SSSR count). The van der Waals surface area contributed by atoms with E-state index in [0.717, 1.165) is 27.7 Å². The van der Waals surface area contributed by atoms with Gasteiger partial charge in [0.25, 0.3) is 0 Å². The van der Waals surface area contributed by atoms with Gasteiger partial charge in [0.05, 0.1) is 6.61 Å². The van der Waals surface area contributed by atoms with Crippen molar-refractivity contribution in [3.63, 3.8) is 0 Å². The molecule has 0 aromatic heterocycles. The predicted molar refractivity (Wildman–Crippen MR) is 121 cm³/mol. The zero-order chi connectivity index (χ0) is 28.5. The Morgan fingerprint density at radius 1 is 0.919 bits per heavy atom. The molecular formula is C22H34N2O13. The van der Waals surface area contributed by atoms with Crippen molar-refractivity contribution < 1.29 is 62.3 Å². The standard InChI is InChI=1S/C22H34N2O13/c1-10(25)23-16-18(35-13(4)28)17(34-12(3)27)15(9-32-11(2)26)36-20(16)33-8-14(19(29)30)24-21(31)37-22(5,6)7/h14-18,20H,8-9H2,1-7H3,(H,23,25)(H,24,31)(H,29,30)/t14-,15+,16+,17+,18+,20+/m0/s1.